The molecule has 0 aromatic heterocycles. The van der Waals surface area contributed by atoms with Gasteiger partial charge in [-0.3, -0.25) is 0 Å². The normalized spacial score (nSPS) is 10.0. The van der Waals surface area contributed by atoms with E-state index < -0.39 is 0 Å². The van der Waals surface area contributed by atoms with Crippen LogP contribution in [0.25, 0.3) is 0 Å². The van der Waals surface area contributed by atoms with E-state index in [1.54, 1.807) is 0 Å². The molecule has 3 heteroatoms. The Morgan fingerprint density at radius 2 is 1.29 bits per heavy atom. The lowest BCUT2D eigenvalue weighted by atomic mass is 9.94. The zero-order valence-corrected chi connectivity index (χ0v) is 18.8. The summed E-state index contributed by atoms with van der Waals surface area (Å²) in [6.45, 7) is 9.29. The summed E-state index contributed by atoms with van der Waals surface area (Å²) in [4.78, 5) is 12.4. The number of hydrogen-bond donors (Lipinski definition) is 1. The summed E-state index contributed by atoms with van der Waals surface area (Å²) in [5.74, 6) is -0.0425. The standard InChI is InChI=1S/C19H36O2.C6H7N/c1-5-9-13-17(14-10-6-2)18(15-11-7-3)19(20)21-16-12-8-4;7-6-4-2-1-3-5-6/h5-16H2,1-4H3;1-5H,7H2. The fourth-order valence-corrected chi connectivity index (χ4v) is 2.83. The van der Waals surface area contributed by atoms with Gasteiger partial charge >= 0.3 is 5.97 Å². The molecule has 0 radical (unpaired) electrons. The topological polar surface area (TPSA) is 52.3 Å². The van der Waals surface area contributed by atoms with E-state index in [0.717, 1.165) is 56.2 Å². The molecule has 0 bridgehead atoms. The Morgan fingerprint density at radius 1 is 0.786 bits per heavy atom. The summed E-state index contributed by atoms with van der Waals surface area (Å²) in [6, 6.07) is 9.49. The van der Waals surface area contributed by atoms with Crippen molar-refractivity contribution < 1.29 is 9.53 Å². The second kappa shape index (κ2) is 18.6. The number of nitrogens with two attached hydrogens (primary N) is 1. The third-order valence-electron chi connectivity index (χ3n) is 4.65. The molecule has 0 atom stereocenters. The first-order valence-corrected chi connectivity index (χ1v) is 11.3. The smallest absolute Gasteiger partial charge is 0.333 e. The molecule has 0 aliphatic heterocycles. The van der Waals surface area contributed by atoms with Crippen molar-refractivity contribution >= 4 is 11.7 Å². The summed E-state index contributed by atoms with van der Waals surface area (Å²) >= 11 is 0. The highest BCUT2D eigenvalue weighted by Crippen LogP contribution is 2.24. The zero-order valence-electron chi connectivity index (χ0n) is 18.8. The van der Waals surface area contributed by atoms with E-state index in [-0.39, 0.29) is 5.97 Å². The Labute approximate surface area is 173 Å². The Morgan fingerprint density at radius 3 is 1.71 bits per heavy atom. The average Bonchev–Trinajstić information content (AvgIpc) is 2.70. The highest BCUT2D eigenvalue weighted by Gasteiger charge is 2.16. The van der Waals surface area contributed by atoms with Gasteiger partial charge in [0, 0.05) is 11.3 Å². The molecule has 0 saturated heterocycles. The van der Waals surface area contributed by atoms with Crippen molar-refractivity contribution in [3.63, 3.8) is 0 Å². The molecule has 0 saturated carbocycles. The number of hydrogen-bond acceptors (Lipinski definition) is 3. The predicted molar refractivity (Wildman–Crippen MR) is 122 cm³/mol. The Balaban J connectivity index is 0.000000861. The molecular weight excluding hydrogens is 346 g/mol. The minimum Gasteiger partial charge on any atom is -0.462 e. The summed E-state index contributed by atoms with van der Waals surface area (Å²) in [5, 5.41) is 0. The Kier molecular flexibility index (Phi) is 17.4. The molecule has 3 nitrogen and oxygen atoms in total. The highest BCUT2D eigenvalue weighted by molar-refractivity contribution is 5.89. The molecule has 0 amide bonds. The lowest BCUT2D eigenvalue weighted by Crippen LogP contribution is -2.12. The molecule has 28 heavy (non-hydrogen) atoms. The number of carbonyl (C=O) groups is 1. The summed E-state index contributed by atoms with van der Waals surface area (Å²) in [5.41, 5.74) is 8.54. The van der Waals surface area contributed by atoms with Crippen LogP contribution in [-0.4, -0.2) is 12.6 Å². The van der Waals surface area contributed by atoms with Crippen LogP contribution in [0.1, 0.15) is 98.3 Å². The van der Waals surface area contributed by atoms with Crippen molar-refractivity contribution in [2.45, 2.75) is 98.3 Å². The van der Waals surface area contributed by atoms with Crippen LogP contribution in [-0.2, 0) is 9.53 Å². The van der Waals surface area contributed by atoms with Gasteiger partial charge in [0.15, 0.2) is 0 Å². The maximum atomic E-state index is 12.4. The number of allylic oxidation sites excluding steroid dienone is 1. The Hall–Kier alpha value is -1.77. The molecule has 1 aromatic carbocycles. The van der Waals surface area contributed by atoms with E-state index in [1.165, 1.54) is 31.3 Å². The number of ether oxygens (including phenoxy) is 1. The maximum Gasteiger partial charge on any atom is 0.333 e. The molecule has 2 N–H and O–H groups in total. The van der Waals surface area contributed by atoms with Crippen LogP contribution >= 0.6 is 0 Å². The van der Waals surface area contributed by atoms with Gasteiger partial charge in [0.2, 0.25) is 0 Å². The zero-order chi connectivity index (χ0) is 21.0. The Bertz CT molecular complexity index is 513. The molecule has 0 aliphatic rings. The SMILES string of the molecule is CCCCOC(=O)C(CCCC)=C(CCCC)CCCC.Nc1ccccc1. The molecule has 0 aliphatic carbocycles. The molecule has 0 spiro atoms. The first kappa shape index (κ1) is 26.2. The largest absolute Gasteiger partial charge is 0.462 e. The number of para-hydroxylation sites is 1. The molecular formula is C25H43NO2. The number of rotatable bonds is 13. The number of nitrogen functional groups attached to an aromatic ring is 1. The van der Waals surface area contributed by atoms with Crippen molar-refractivity contribution in [1.82, 2.24) is 0 Å². The first-order chi connectivity index (χ1) is 13.6. The van der Waals surface area contributed by atoms with Crippen LogP contribution in [0.3, 0.4) is 0 Å². The van der Waals surface area contributed by atoms with Gasteiger partial charge in [-0.1, -0.05) is 77.2 Å². The third kappa shape index (κ3) is 13.4. The van der Waals surface area contributed by atoms with Crippen molar-refractivity contribution in [2.75, 3.05) is 12.3 Å². The molecule has 0 heterocycles. The molecule has 1 rings (SSSR count). The second-order valence-electron chi connectivity index (χ2n) is 7.29. The molecule has 0 unspecified atom stereocenters. The number of esters is 1. The van der Waals surface area contributed by atoms with Crippen molar-refractivity contribution in [3.05, 3.63) is 41.5 Å². The molecule has 160 valence electrons. The summed E-state index contributed by atoms with van der Waals surface area (Å²) < 4.78 is 5.49. The van der Waals surface area contributed by atoms with Gasteiger partial charge in [-0.2, -0.15) is 0 Å². The van der Waals surface area contributed by atoms with E-state index >= 15 is 0 Å². The fraction of sp³-hybridized carbons (Fsp3) is 0.640. The second-order valence-corrected chi connectivity index (χ2v) is 7.29. The van der Waals surface area contributed by atoms with Gasteiger partial charge in [0.1, 0.15) is 0 Å². The van der Waals surface area contributed by atoms with E-state index in [0.29, 0.717) is 6.61 Å². The van der Waals surface area contributed by atoms with Crippen molar-refractivity contribution in [1.29, 1.82) is 0 Å². The van der Waals surface area contributed by atoms with Gasteiger partial charge in [-0.25, -0.2) is 4.79 Å². The fourth-order valence-electron chi connectivity index (χ4n) is 2.83. The monoisotopic (exact) mass is 389 g/mol. The number of benzene rings is 1. The van der Waals surface area contributed by atoms with Crippen LogP contribution in [0, 0.1) is 0 Å². The lowest BCUT2D eigenvalue weighted by Gasteiger charge is -2.15. The summed E-state index contributed by atoms with van der Waals surface area (Å²) in [7, 11) is 0. The minimum atomic E-state index is -0.0425. The third-order valence-corrected chi connectivity index (χ3v) is 4.65. The van der Waals surface area contributed by atoms with Crippen LogP contribution in [0.5, 0.6) is 0 Å². The van der Waals surface area contributed by atoms with E-state index in [2.05, 4.69) is 27.7 Å². The quantitative estimate of drug-likeness (QED) is 0.165. The van der Waals surface area contributed by atoms with Crippen molar-refractivity contribution in [2.24, 2.45) is 0 Å². The predicted octanol–water partition coefficient (Wildman–Crippen LogP) is 7.47. The van der Waals surface area contributed by atoms with Gasteiger partial charge in [0.05, 0.1) is 6.61 Å². The van der Waals surface area contributed by atoms with E-state index in [9.17, 15) is 4.79 Å². The molecule has 1 aromatic rings. The minimum absolute atomic E-state index is 0.0425. The van der Waals surface area contributed by atoms with Crippen LogP contribution in [0.4, 0.5) is 5.69 Å². The van der Waals surface area contributed by atoms with E-state index in [4.69, 9.17) is 10.5 Å². The highest BCUT2D eigenvalue weighted by atomic mass is 16.5. The summed E-state index contributed by atoms with van der Waals surface area (Å²) in [6.07, 6.45) is 12.0. The van der Waals surface area contributed by atoms with Gasteiger partial charge < -0.3 is 10.5 Å². The number of anilines is 1. The number of unbranched alkanes of at least 4 members (excludes halogenated alkanes) is 4. The van der Waals surface area contributed by atoms with Crippen LogP contribution in [0.2, 0.25) is 0 Å². The number of carbonyl (C=O) groups excluding carboxylic acids is 1. The molecule has 0 fully saturated rings. The van der Waals surface area contributed by atoms with Gasteiger partial charge in [-0.05, 0) is 57.1 Å². The maximum absolute atomic E-state index is 12.4. The first-order valence-electron chi connectivity index (χ1n) is 11.3. The lowest BCUT2D eigenvalue weighted by molar-refractivity contribution is -0.139. The van der Waals surface area contributed by atoms with Gasteiger partial charge in [-0.15, -0.1) is 0 Å². The average molecular weight is 390 g/mol. The van der Waals surface area contributed by atoms with Crippen LogP contribution < -0.4 is 5.73 Å². The van der Waals surface area contributed by atoms with Crippen LogP contribution in [0.15, 0.2) is 41.5 Å². The van der Waals surface area contributed by atoms with E-state index in [1.807, 2.05) is 30.3 Å². The van der Waals surface area contributed by atoms with Gasteiger partial charge in [0.25, 0.3) is 0 Å². The van der Waals surface area contributed by atoms with Crippen molar-refractivity contribution in [3.8, 4) is 0 Å².